The van der Waals surface area contributed by atoms with Crippen LogP contribution < -0.4 is 0 Å². The molecule has 0 rings (SSSR count). The van der Waals surface area contributed by atoms with Gasteiger partial charge in [0.1, 0.15) is 50.3 Å². The first-order chi connectivity index (χ1) is 24.7. The van der Waals surface area contributed by atoms with E-state index in [0.29, 0.717) is 14.7 Å². The van der Waals surface area contributed by atoms with Crippen LogP contribution in [0.5, 0.6) is 0 Å². The van der Waals surface area contributed by atoms with Crippen molar-refractivity contribution in [3.63, 3.8) is 0 Å². The van der Waals surface area contributed by atoms with Crippen LogP contribution in [0.2, 0.25) is 0 Å². The number of hydrogen-bond acceptors (Lipinski definition) is 14. The lowest BCUT2D eigenvalue weighted by Gasteiger charge is -2.33. The maximum absolute atomic E-state index is 12.0. The third-order valence-electron chi connectivity index (χ3n) is 6.74. The molecule has 30 nitrogen and oxygen atoms in total. The quantitative estimate of drug-likeness (QED) is 0.0293. The summed E-state index contributed by atoms with van der Waals surface area (Å²) in [6.45, 7) is -4.41. The van der Waals surface area contributed by atoms with Crippen molar-refractivity contribution in [1.82, 2.24) is 29.4 Å². The van der Waals surface area contributed by atoms with Gasteiger partial charge in [-0.3, -0.25) is 65.9 Å². The fraction of sp³-hybridized carbons (Fsp3) is 1.00. The van der Waals surface area contributed by atoms with Crippen LogP contribution in [0.25, 0.3) is 0 Å². The van der Waals surface area contributed by atoms with E-state index >= 15 is 0 Å². The molecule has 0 aromatic carbocycles. The van der Waals surface area contributed by atoms with Gasteiger partial charge in [-0.25, -0.2) is 0 Å². The Labute approximate surface area is 320 Å². The minimum Gasteiger partial charge on any atom is -0.324 e. The Kier molecular flexibility index (Phi) is 23.8. The lowest BCUT2D eigenvalue weighted by atomic mass is 10.3. The molecule has 0 heterocycles. The van der Waals surface area contributed by atoms with Gasteiger partial charge in [0.15, 0.2) is 0 Å². The molecule has 56 heavy (non-hydrogen) atoms. The summed E-state index contributed by atoms with van der Waals surface area (Å²) < 4.78 is 93.5. The van der Waals surface area contributed by atoms with Crippen molar-refractivity contribution in [3.05, 3.63) is 0 Å². The molecular weight excluding hydrogens is 932 g/mol. The van der Waals surface area contributed by atoms with Crippen molar-refractivity contribution in [2.45, 2.75) is 0 Å². The fourth-order valence-corrected chi connectivity index (χ4v) is 11.6. The van der Waals surface area contributed by atoms with Crippen molar-refractivity contribution in [1.29, 1.82) is 0 Å². The van der Waals surface area contributed by atoms with Crippen molar-refractivity contribution in [2.75, 3.05) is 116 Å². The van der Waals surface area contributed by atoms with Gasteiger partial charge in [0.2, 0.25) is 0 Å². The van der Waals surface area contributed by atoms with E-state index in [1.165, 1.54) is 4.90 Å². The number of rotatable bonds is 31. The van der Waals surface area contributed by atoms with E-state index in [1.807, 2.05) is 0 Å². The molecule has 0 spiro atoms. The monoisotopic (exact) mass is 984 g/mol. The second-order valence-electron chi connectivity index (χ2n) is 12.7. The van der Waals surface area contributed by atoms with Gasteiger partial charge < -0.3 is 78.3 Å². The molecule has 16 N–H and O–H groups in total. The van der Waals surface area contributed by atoms with E-state index < -0.39 is 150 Å². The predicted molar refractivity (Wildman–Crippen MR) is 195 cm³/mol. The van der Waals surface area contributed by atoms with E-state index in [0.717, 1.165) is 9.80 Å². The molecule has 0 saturated carbocycles. The Morgan fingerprint density at radius 1 is 0.196 bits per heavy atom. The van der Waals surface area contributed by atoms with Crippen molar-refractivity contribution in [3.8, 4) is 0 Å². The molecule has 0 bridgehead atoms. The molecule has 0 saturated heterocycles. The lowest BCUT2D eigenvalue weighted by molar-refractivity contribution is 0.158. The van der Waals surface area contributed by atoms with Crippen molar-refractivity contribution >= 4 is 60.8 Å². The van der Waals surface area contributed by atoms with Crippen LogP contribution in [0.15, 0.2) is 0 Å². The molecule has 38 heteroatoms. The van der Waals surface area contributed by atoms with Gasteiger partial charge in [0.05, 0.1) is 0 Å². The van der Waals surface area contributed by atoms with Gasteiger partial charge in [-0.1, -0.05) is 0 Å². The molecule has 0 aromatic rings. The smallest absolute Gasteiger partial charge is 0.324 e. The first-order valence-corrected chi connectivity index (χ1v) is 29.8. The molecular formula is C18H52N6O24P8. The standard InChI is InChI=1S/C18H52N6O24P8/c25-49(26,27)11-20(5-6-21(12-50(28,29)30)7-10-24(17-55(43,44)45)18-56(46,47)48)4-1-19(2-8-22(13-51(31,32)33)14-52(34,35)36)3-9-23(15-53(37,38)39)16-54(40,41)42/h1-18H2,(H2,25,26,27)(H2,28,29,30)(H2,31,32,33)(H2,34,35,36)(H2,37,38,39)(H2,40,41,42)(H2,43,44,45)(H2,46,47,48). The second kappa shape index (κ2) is 23.4. The summed E-state index contributed by atoms with van der Waals surface area (Å²) in [5, 5.41) is 0. The zero-order chi connectivity index (χ0) is 44.2. The van der Waals surface area contributed by atoms with Gasteiger partial charge in [-0.2, -0.15) is 0 Å². The van der Waals surface area contributed by atoms with Gasteiger partial charge in [-0.15, -0.1) is 0 Å². The minimum atomic E-state index is -4.93. The van der Waals surface area contributed by atoms with Crippen molar-refractivity contribution in [2.24, 2.45) is 0 Å². The highest BCUT2D eigenvalue weighted by Gasteiger charge is 2.31. The predicted octanol–water partition coefficient (Wildman–Crippen LogP) is -4.12. The van der Waals surface area contributed by atoms with E-state index in [-0.39, 0.29) is 26.2 Å². The van der Waals surface area contributed by atoms with Gasteiger partial charge in [0.25, 0.3) is 0 Å². The Morgan fingerprint density at radius 2 is 0.304 bits per heavy atom. The first-order valence-electron chi connectivity index (χ1n) is 15.4. The SMILES string of the molecule is O=P(O)(O)CN(CCN(CCN(CP(=O)(O)O)CP(=O)(O)O)CCN(CP(=O)(O)O)CP(=O)(O)O)CCN(CCN(CP(=O)(O)O)CP(=O)(O)O)CP(=O)(O)O. The van der Waals surface area contributed by atoms with Crippen LogP contribution in [0.4, 0.5) is 0 Å². The highest BCUT2D eigenvalue weighted by Crippen LogP contribution is 2.43. The van der Waals surface area contributed by atoms with E-state index in [1.54, 1.807) is 0 Å². The minimum absolute atomic E-state index is 0.323. The summed E-state index contributed by atoms with van der Waals surface area (Å²) in [5.74, 6) is 0. The summed E-state index contributed by atoms with van der Waals surface area (Å²) in [7, 11) is -39.3. The maximum atomic E-state index is 12.0. The molecule has 338 valence electrons. The third kappa shape index (κ3) is 36.8. The van der Waals surface area contributed by atoms with Gasteiger partial charge >= 0.3 is 60.8 Å². The molecule has 0 fully saturated rings. The van der Waals surface area contributed by atoms with Crippen LogP contribution in [-0.2, 0) is 36.5 Å². The Hall–Kier alpha value is 0.960. The summed E-state index contributed by atoms with van der Waals surface area (Å²) in [6.07, 6.45) is -8.93. The molecule has 0 amide bonds. The Bertz CT molecular complexity index is 1470. The molecule has 0 unspecified atom stereocenters. The average Bonchev–Trinajstić information content (AvgIpc) is 2.86. The molecule has 0 radical (unpaired) electrons. The van der Waals surface area contributed by atoms with Crippen LogP contribution in [0.3, 0.4) is 0 Å². The van der Waals surface area contributed by atoms with E-state index in [4.69, 9.17) is 0 Å². The number of nitrogens with zero attached hydrogens (tertiary/aromatic N) is 6. The van der Waals surface area contributed by atoms with Crippen LogP contribution in [-0.4, -0.2) is 223 Å². The zero-order valence-electron chi connectivity index (χ0n) is 29.4. The Morgan fingerprint density at radius 3 is 0.446 bits per heavy atom. The maximum Gasteiger partial charge on any atom is 0.339 e. The summed E-state index contributed by atoms with van der Waals surface area (Å²) >= 11 is 0. The van der Waals surface area contributed by atoms with Crippen LogP contribution in [0.1, 0.15) is 0 Å². The summed E-state index contributed by atoms with van der Waals surface area (Å²) in [6, 6.07) is 0. The van der Waals surface area contributed by atoms with Gasteiger partial charge in [-0.05, 0) is 0 Å². The summed E-state index contributed by atoms with van der Waals surface area (Å²) in [5.41, 5.74) is 0. The second-order valence-corrected chi connectivity index (χ2v) is 25.6. The highest BCUT2D eigenvalue weighted by atomic mass is 31.2. The lowest BCUT2D eigenvalue weighted by Crippen LogP contribution is -2.45. The summed E-state index contributed by atoms with van der Waals surface area (Å²) in [4.78, 5) is 157. The molecule has 0 aliphatic heterocycles. The first kappa shape index (κ1) is 57.0. The molecule has 0 aromatic heterocycles. The van der Waals surface area contributed by atoms with Crippen LogP contribution >= 0.6 is 60.8 Å². The normalized spacial score (nSPS) is 14.8. The number of hydrogen-bond donors (Lipinski definition) is 16. The largest absolute Gasteiger partial charge is 0.339 e. The molecule has 0 aliphatic rings. The van der Waals surface area contributed by atoms with Gasteiger partial charge in [0, 0.05) is 65.4 Å². The average molecular weight is 984 g/mol. The topological polar surface area (TPSA) is 480 Å². The molecule has 0 aliphatic carbocycles. The Balaban J connectivity index is 6.43. The third-order valence-corrected chi connectivity index (χ3v) is 12.9. The van der Waals surface area contributed by atoms with Crippen molar-refractivity contribution < 1.29 is 115 Å². The zero-order valence-corrected chi connectivity index (χ0v) is 36.6. The van der Waals surface area contributed by atoms with E-state index in [2.05, 4.69) is 0 Å². The van der Waals surface area contributed by atoms with E-state index in [9.17, 15) is 115 Å². The highest BCUT2D eigenvalue weighted by molar-refractivity contribution is 7.54. The molecule has 0 atom stereocenters. The fourth-order valence-electron chi connectivity index (χ4n) is 4.90. The van der Waals surface area contributed by atoms with Crippen LogP contribution in [0, 0.1) is 0 Å².